The Hall–Kier alpha value is -0.460. The Kier molecular flexibility index (Phi) is 16.2. The van der Waals surface area contributed by atoms with E-state index in [2.05, 4.69) is 23.7 Å². The van der Waals surface area contributed by atoms with E-state index >= 15 is 0 Å². The normalized spacial score (nSPS) is 13.1. The zero-order valence-electron chi connectivity index (χ0n) is 17.1. The van der Waals surface area contributed by atoms with Crippen LogP contribution < -0.4 is 5.32 Å². The molecule has 0 rings (SSSR count). The number of rotatable bonds is 18. The Morgan fingerprint density at radius 1 is 0.926 bits per heavy atom. The molecule has 0 aromatic heterocycles. The maximum absolute atomic E-state index is 11.6. The summed E-state index contributed by atoms with van der Waals surface area (Å²) in [6.07, 6.45) is 12.8. The molecule has 0 aliphatic heterocycles. The predicted molar refractivity (Wildman–Crippen MR) is 107 cm³/mol. The molecule has 1 amide bonds. The van der Waals surface area contributed by atoms with Gasteiger partial charge in [-0.1, -0.05) is 78.1 Å². The monoisotopic (exact) mass is 409 g/mol. The molecule has 27 heavy (non-hydrogen) atoms. The third-order valence-electron chi connectivity index (χ3n) is 4.41. The number of amides is 1. The summed E-state index contributed by atoms with van der Waals surface area (Å²) in [6, 6.07) is 0. The highest BCUT2D eigenvalue weighted by atomic mass is 31.2. The second-order valence-corrected chi connectivity index (χ2v) is 8.95. The Morgan fingerprint density at radius 2 is 1.41 bits per heavy atom. The number of hydrogen-bond donors (Lipinski definition) is 4. The van der Waals surface area contributed by atoms with Crippen LogP contribution >= 0.6 is 7.82 Å². The molecular formula is C19H40NO6P. The van der Waals surface area contributed by atoms with Gasteiger partial charge in [0.2, 0.25) is 5.91 Å². The van der Waals surface area contributed by atoms with Gasteiger partial charge in [-0.15, -0.1) is 0 Å². The van der Waals surface area contributed by atoms with Gasteiger partial charge in [0, 0.05) is 13.0 Å². The fraction of sp³-hybridized carbons (Fsp3) is 0.947. The van der Waals surface area contributed by atoms with E-state index < -0.39 is 20.5 Å². The molecular weight excluding hydrogens is 369 g/mol. The lowest BCUT2D eigenvalue weighted by atomic mass is 10.0. The zero-order valence-corrected chi connectivity index (χ0v) is 18.0. The van der Waals surface area contributed by atoms with Crippen molar-refractivity contribution in [1.29, 1.82) is 0 Å². The first-order valence-electron chi connectivity index (χ1n) is 10.4. The van der Waals surface area contributed by atoms with Gasteiger partial charge in [0.25, 0.3) is 0 Å². The first-order chi connectivity index (χ1) is 12.7. The van der Waals surface area contributed by atoms with E-state index in [1.807, 2.05) is 0 Å². The van der Waals surface area contributed by atoms with E-state index in [4.69, 9.17) is 9.79 Å². The minimum Gasteiger partial charge on any atom is -0.389 e. The molecule has 8 heteroatoms. The zero-order chi connectivity index (χ0) is 20.5. The van der Waals surface area contributed by atoms with Crippen molar-refractivity contribution in [3.8, 4) is 0 Å². The average Bonchev–Trinajstić information content (AvgIpc) is 2.58. The molecule has 7 nitrogen and oxygen atoms in total. The molecule has 0 saturated heterocycles. The summed E-state index contributed by atoms with van der Waals surface area (Å²) >= 11 is 0. The molecule has 0 heterocycles. The van der Waals surface area contributed by atoms with Crippen molar-refractivity contribution in [3.63, 3.8) is 0 Å². The van der Waals surface area contributed by atoms with Crippen LogP contribution in [-0.4, -0.2) is 40.1 Å². The van der Waals surface area contributed by atoms with E-state index in [-0.39, 0.29) is 12.5 Å². The van der Waals surface area contributed by atoms with Crippen molar-refractivity contribution in [3.05, 3.63) is 0 Å². The molecule has 0 aromatic carbocycles. The smallest absolute Gasteiger partial charge is 0.389 e. The van der Waals surface area contributed by atoms with Crippen molar-refractivity contribution in [1.82, 2.24) is 5.32 Å². The molecule has 0 aromatic rings. The molecule has 0 saturated carbocycles. The van der Waals surface area contributed by atoms with E-state index in [0.29, 0.717) is 6.42 Å². The first-order valence-corrected chi connectivity index (χ1v) is 11.9. The Bertz CT molecular complexity index is 413. The minimum absolute atomic E-state index is 0.0734. The van der Waals surface area contributed by atoms with Gasteiger partial charge in [0.15, 0.2) is 0 Å². The second kappa shape index (κ2) is 16.5. The summed E-state index contributed by atoms with van der Waals surface area (Å²) in [7, 11) is -4.58. The predicted octanol–water partition coefficient (Wildman–Crippen LogP) is 3.91. The molecule has 0 aliphatic rings. The number of phosphoric acid groups is 1. The first kappa shape index (κ1) is 26.5. The van der Waals surface area contributed by atoms with Crippen molar-refractivity contribution in [2.75, 3.05) is 13.2 Å². The number of nitrogens with one attached hydrogen (secondary N) is 1. The van der Waals surface area contributed by atoms with Gasteiger partial charge in [0.1, 0.15) is 0 Å². The molecule has 162 valence electrons. The number of carbonyl (C=O) groups excluding carboxylic acids is 1. The third-order valence-corrected chi connectivity index (χ3v) is 4.89. The molecule has 1 atom stereocenters. The fourth-order valence-electron chi connectivity index (χ4n) is 2.81. The van der Waals surface area contributed by atoms with Gasteiger partial charge >= 0.3 is 7.82 Å². The standard InChI is InChI=1S/C19H40NO6P/c1-17(2)13-11-9-7-5-3-4-6-8-10-12-14-19(22)20-15-18(21)16-26-27(23,24)25/h17-18,21H,3-16H2,1-2H3,(H,20,22)(H2,23,24,25). The topological polar surface area (TPSA) is 116 Å². The van der Waals surface area contributed by atoms with Gasteiger partial charge in [0.05, 0.1) is 12.7 Å². The SMILES string of the molecule is CC(C)CCCCCCCCCCCCC(=O)NCC(O)COP(=O)(O)O. The van der Waals surface area contributed by atoms with Crippen molar-refractivity contribution < 1.29 is 28.8 Å². The van der Waals surface area contributed by atoms with Crippen LogP contribution in [0, 0.1) is 5.92 Å². The highest BCUT2D eigenvalue weighted by Crippen LogP contribution is 2.35. The summed E-state index contributed by atoms with van der Waals surface area (Å²) in [5, 5.41) is 12.0. The summed E-state index contributed by atoms with van der Waals surface area (Å²) in [4.78, 5) is 28.7. The molecule has 0 bridgehead atoms. The highest BCUT2D eigenvalue weighted by Gasteiger charge is 2.17. The maximum atomic E-state index is 11.6. The van der Waals surface area contributed by atoms with Crippen LogP contribution in [0.5, 0.6) is 0 Å². The van der Waals surface area contributed by atoms with Crippen LogP contribution in [0.15, 0.2) is 0 Å². The van der Waals surface area contributed by atoms with Gasteiger partial charge in [-0.05, 0) is 12.3 Å². The van der Waals surface area contributed by atoms with E-state index in [1.54, 1.807) is 0 Å². The number of aliphatic hydroxyl groups is 1. The van der Waals surface area contributed by atoms with Gasteiger partial charge < -0.3 is 20.2 Å². The van der Waals surface area contributed by atoms with E-state index in [9.17, 15) is 14.5 Å². The second-order valence-electron chi connectivity index (χ2n) is 7.71. The molecule has 4 N–H and O–H groups in total. The Balaban J connectivity index is 3.35. The Morgan fingerprint density at radius 3 is 1.89 bits per heavy atom. The minimum atomic E-state index is -4.58. The summed E-state index contributed by atoms with van der Waals surface area (Å²) in [6.45, 7) is 3.97. The lowest BCUT2D eigenvalue weighted by molar-refractivity contribution is -0.121. The van der Waals surface area contributed by atoms with Crippen LogP contribution in [-0.2, 0) is 13.9 Å². The maximum Gasteiger partial charge on any atom is 0.469 e. The molecule has 0 radical (unpaired) electrons. The molecule has 0 spiro atoms. The number of unbranched alkanes of at least 4 members (excludes halogenated alkanes) is 9. The summed E-state index contributed by atoms with van der Waals surface area (Å²) in [5.74, 6) is 0.658. The highest BCUT2D eigenvalue weighted by molar-refractivity contribution is 7.46. The number of hydrogen-bond acceptors (Lipinski definition) is 4. The van der Waals surface area contributed by atoms with Gasteiger partial charge in [-0.2, -0.15) is 0 Å². The third kappa shape index (κ3) is 21.7. The van der Waals surface area contributed by atoms with Crippen LogP contribution in [0.1, 0.15) is 90.9 Å². The lowest BCUT2D eigenvalue weighted by Crippen LogP contribution is -2.34. The fourth-order valence-corrected chi connectivity index (χ4v) is 3.18. The van der Waals surface area contributed by atoms with Crippen LogP contribution in [0.2, 0.25) is 0 Å². The number of carbonyl (C=O) groups is 1. The van der Waals surface area contributed by atoms with Crippen LogP contribution in [0.3, 0.4) is 0 Å². The summed E-state index contributed by atoms with van der Waals surface area (Å²) in [5.41, 5.74) is 0. The quantitative estimate of drug-likeness (QED) is 0.201. The molecule has 0 aliphatic carbocycles. The average molecular weight is 410 g/mol. The van der Waals surface area contributed by atoms with Crippen LogP contribution in [0.25, 0.3) is 0 Å². The van der Waals surface area contributed by atoms with Crippen LogP contribution in [0.4, 0.5) is 0 Å². The van der Waals surface area contributed by atoms with E-state index in [1.165, 1.54) is 51.4 Å². The number of phosphoric ester groups is 1. The summed E-state index contributed by atoms with van der Waals surface area (Å²) < 4.78 is 14.7. The largest absolute Gasteiger partial charge is 0.469 e. The van der Waals surface area contributed by atoms with E-state index in [0.717, 1.165) is 25.2 Å². The van der Waals surface area contributed by atoms with Crippen molar-refractivity contribution in [2.45, 2.75) is 97.0 Å². The Labute approximate surface area is 164 Å². The van der Waals surface area contributed by atoms with Gasteiger partial charge in [-0.25, -0.2) is 4.57 Å². The van der Waals surface area contributed by atoms with Crippen molar-refractivity contribution in [2.24, 2.45) is 5.92 Å². The molecule has 0 fully saturated rings. The molecule has 1 unspecified atom stereocenters. The lowest BCUT2D eigenvalue weighted by Gasteiger charge is -2.12. The van der Waals surface area contributed by atoms with Gasteiger partial charge in [-0.3, -0.25) is 9.32 Å². The number of aliphatic hydroxyl groups excluding tert-OH is 1. The van der Waals surface area contributed by atoms with Crippen molar-refractivity contribution >= 4 is 13.7 Å².